The molecule has 10 heavy (non-hydrogen) atoms. The smallest absolute Gasteiger partial charge is 0.243 e. The molecule has 1 radical (unpaired) electrons. The fourth-order valence-electron chi connectivity index (χ4n) is 0.526. The lowest BCUT2D eigenvalue weighted by atomic mass is 9.96. The van der Waals surface area contributed by atoms with Crippen LogP contribution in [0.5, 0.6) is 0 Å². The highest BCUT2D eigenvalue weighted by Gasteiger charge is 1.84. The topological polar surface area (TPSA) is 63.0 Å². The van der Waals surface area contributed by atoms with E-state index < -0.39 is 0 Å². The summed E-state index contributed by atoms with van der Waals surface area (Å²) in [6.45, 7) is 0. The average molecular weight is 204 g/mol. The van der Waals surface area contributed by atoms with Crippen molar-refractivity contribution in [1.29, 1.82) is 0 Å². The van der Waals surface area contributed by atoms with Crippen LogP contribution in [0.3, 0.4) is 0 Å². The van der Waals surface area contributed by atoms with Gasteiger partial charge in [0.05, 0.1) is 0 Å². The monoisotopic (exact) mass is 203 g/mol. The second-order valence-corrected chi connectivity index (χ2v) is 1.98. The van der Waals surface area contributed by atoms with Crippen LogP contribution in [0.15, 0.2) is 30.3 Å². The lowest BCUT2D eigenvalue weighted by Gasteiger charge is -1.86. The van der Waals surface area contributed by atoms with Gasteiger partial charge in [-0.05, 0) is 0 Å². The third kappa shape index (κ3) is 3.66. The van der Waals surface area contributed by atoms with Gasteiger partial charge in [-0.25, -0.2) is 0 Å². The van der Waals surface area contributed by atoms with Crippen LogP contribution in [0, 0.1) is 0 Å². The zero-order valence-corrected chi connectivity index (χ0v) is 6.93. The minimum absolute atomic E-state index is 0. The minimum Gasteiger partial charge on any atom is -0.412 e. The lowest BCUT2D eigenvalue weighted by molar-refractivity contribution is 0.823. The molecule has 0 amide bonds. The highest BCUT2D eigenvalue weighted by atomic mass is 79.9. The van der Waals surface area contributed by atoms with Crippen LogP contribution in [0.25, 0.3) is 0 Å². The van der Waals surface area contributed by atoms with Gasteiger partial charge in [-0.3, -0.25) is 0 Å². The van der Waals surface area contributed by atoms with Crippen LogP contribution in [-0.4, -0.2) is 17.1 Å². The van der Waals surface area contributed by atoms with Crippen LogP contribution in [-0.2, 0) is 0 Å². The largest absolute Gasteiger partial charge is 0.412 e. The van der Waals surface area contributed by atoms with Crippen molar-refractivity contribution >= 4 is 27.3 Å². The summed E-state index contributed by atoms with van der Waals surface area (Å²) in [5.41, 5.74) is 1.20. The maximum Gasteiger partial charge on any atom is 0.243 e. The Kier molecular flexibility index (Phi) is 8.41. The van der Waals surface area contributed by atoms with Gasteiger partial charge < -0.3 is 11.0 Å². The summed E-state index contributed by atoms with van der Waals surface area (Å²) >= 11 is 3.23. The van der Waals surface area contributed by atoms with Gasteiger partial charge in [0.25, 0.3) is 0 Å². The Hall–Kier alpha value is -0.315. The Morgan fingerprint density at radius 1 is 1.00 bits per heavy atom. The average Bonchev–Trinajstić information content (AvgIpc) is 1.90. The van der Waals surface area contributed by atoms with Crippen LogP contribution < -0.4 is 5.46 Å². The molecule has 1 aromatic rings. The fourth-order valence-corrected chi connectivity index (χ4v) is 0.831. The van der Waals surface area contributed by atoms with Gasteiger partial charge in [0.2, 0.25) is 6.10 Å². The molecule has 0 unspecified atom stereocenters. The first-order valence-electron chi connectivity index (χ1n) is 2.42. The molecule has 0 saturated heterocycles. The third-order valence-corrected chi connectivity index (χ3v) is 1.45. The van der Waals surface area contributed by atoms with Gasteiger partial charge in [0, 0.05) is 0 Å². The van der Waals surface area contributed by atoms with E-state index in [0.717, 1.165) is 0 Å². The molecule has 2 nitrogen and oxygen atoms in total. The molecule has 0 aromatic heterocycles. The first-order chi connectivity index (χ1) is 3.93. The van der Waals surface area contributed by atoms with Crippen molar-refractivity contribution in [3.8, 4) is 0 Å². The number of benzene rings is 1. The zero-order chi connectivity index (χ0) is 5.82. The molecule has 1 aromatic carbocycles. The summed E-state index contributed by atoms with van der Waals surface area (Å²) < 4.78 is 0. The first-order valence-corrected chi connectivity index (χ1v) is 3.33. The van der Waals surface area contributed by atoms with E-state index in [1.54, 1.807) is 0 Å². The number of halogens is 1. The van der Waals surface area contributed by atoms with Crippen LogP contribution >= 0.6 is 15.8 Å². The van der Waals surface area contributed by atoms with E-state index in [2.05, 4.69) is 15.8 Å². The van der Waals surface area contributed by atoms with E-state index in [-0.39, 0.29) is 11.0 Å². The summed E-state index contributed by atoms with van der Waals surface area (Å²) in [7, 11) is 0. The van der Waals surface area contributed by atoms with Gasteiger partial charge in [-0.15, -0.1) is 0 Å². The predicted molar refractivity (Wildman–Crippen MR) is 48.0 cm³/mol. The molecule has 0 saturated carbocycles. The Balaban J connectivity index is 0. The second-order valence-electron chi connectivity index (χ2n) is 1.52. The Bertz CT molecular complexity index is 157. The molecule has 55 valence electrons. The zero-order valence-electron chi connectivity index (χ0n) is 5.34. The molecule has 0 bridgehead atoms. The fraction of sp³-hybridized carbons (Fsp3) is 0. The summed E-state index contributed by atoms with van der Waals surface area (Å²) in [6.07, 6.45) is 1.90. The molecule has 0 aliphatic rings. The lowest BCUT2D eigenvalue weighted by Crippen LogP contribution is -2.05. The van der Waals surface area contributed by atoms with Gasteiger partial charge >= 0.3 is 0 Å². The molecule has 0 aliphatic carbocycles. The minimum atomic E-state index is 0. The predicted octanol–water partition coefficient (Wildman–Crippen LogP) is -0.323. The maximum atomic E-state index is 3.23. The van der Waals surface area contributed by atoms with Crippen molar-refractivity contribution in [1.82, 2.24) is 0 Å². The Labute approximate surface area is 69.1 Å². The van der Waals surface area contributed by atoms with Crippen molar-refractivity contribution in [3.63, 3.8) is 0 Å². The van der Waals surface area contributed by atoms with Gasteiger partial charge in [0.1, 0.15) is 0 Å². The summed E-state index contributed by atoms with van der Waals surface area (Å²) in [5.74, 6) is 0. The summed E-state index contributed by atoms with van der Waals surface area (Å²) in [6, 6.07) is 10.1. The van der Waals surface area contributed by atoms with E-state index in [4.69, 9.17) is 0 Å². The van der Waals surface area contributed by atoms with Crippen LogP contribution in [0.2, 0.25) is 0 Å². The highest BCUT2D eigenvalue weighted by molar-refractivity contribution is 9.23. The van der Waals surface area contributed by atoms with Crippen molar-refractivity contribution in [3.05, 3.63) is 30.3 Å². The normalized spacial score (nSPS) is 6.90. The highest BCUT2D eigenvalue weighted by Crippen LogP contribution is 1.82. The third-order valence-electron chi connectivity index (χ3n) is 0.926. The standard InChI is InChI=1S/C6H5BBr.2H2O/c8-7-6-4-2-1-3-5-6;;/h1-5H;2*1H2. The molecule has 4 N–H and O–H groups in total. The Morgan fingerprint density at radius 3 is 1.80 bits per heavy atom. The summed E-state index contributed by atoms with van der Waals surface area (Å²) in [4.78, 5) is 0. The molecular formula is C6H9BBrO2. The molecule has 0 atom stereocenters. The van der Waals surface area contributed by atoms with E-state index in [1.807, 2.05) is 36.4 Å². The molecule has 0 fully saturated rings. The number of hydrogen-bond acceptors (Lipinski definition) is 0. The molecule has 0 heterocycles. The van der Waals surface area contributed by atoms with Crippen molar-refractivity contribution in [2.75, 3.05) is 0 Å². The maximum absolute atomic E-state index is 3.23. The first kappa shape index (κ1) is 12.4. The van der Waals surface area contributed by atoms with Gasteiger partial charge in [-0.2, -0.15) is 15.8 Å². The molecule has 1 rings (SSSR count). The van der Waals surface area contributed by atoms with Crippen molar-refractivity contribution in [2.45, 2.75) is 0 Å². The molecular weight excluding hydrogens is 195 g/mol. The van der Waals surface area contributed by atoms with Gasteiger partial charge in [-0.1, -0.05) is 35.8 Å². The molecule has 0 aliphatic heterocycles. The summed E-state index contributed by atoms with van der Waals surface area (Å²) in [5, 5.41) is 0. The molecule has 0 spiro atoms. The van der Waals surface area contributed by atoms with E-state index in [9.17, 15) is 0 Å². The second kappa shape index (κ2) is 6.80. The Morgan fingerprint density at radius 2 is 1.50 bits per heavy atom. The van der Waals surface area contributed by atoms with Gasteiger partial charge in [0.15, 0.2) is 0 Å². The molecule has 4 heteroatoms. The van der Waals surface area contributed by atoms with Crippen LogP contribution in [0.4, 0.5) is 0 Å². The quantitative estimate of drug-likeness (QED) is 0.562. The van der Waals surface area contributed by atoms with Crippen molar-refractivity contribution < 1.29 is 11.0 Å². The van der Waals surface area contributed by atoms with Crippen molar-refractivity contribution in [2.24, 2.45) is 0 Å². The van der Waals surface area contributed by atoms with E-state index in [0.29, 0.717) is 0 Å². The number of rotatable bonds is 1. The van der Waals surface area contributed by atoms with Crippen LogP contribution in [0.1, 0.15) is 0 Å². The SMILES string of the molecule is Br[B]c1ccccc1.O.O. The van der Waals surface area contributed by atoms with E-state index in [1.165, 1.54) is 5.46 Å². The number of hydrogen-bond donors (Lipinski definition) is 0. The van der Waals surface area contributed by atoms with E-state index >= 15 is 0 Å².